The Bertz CT molecular complexity index is 420. The van der Waals surface area contributed by atoms with Crippen LogP contribution in [-0.4, -0.2) is 30.1 Å². The molecule has 1 aliphatic rings. The van der Waals surface area contributed by atoms with Crippen molar-refractivity contribution in [3.63, 3.8) is 0 Å². The maximum absolute atomic E-state index is 9.89. The number of rotatable bonds is 5. The first kappa shape index (κ1) is 14.3. The maximum atomic E-state index is 9.89. The molecule has 2 unspecified atom stereocenters. The Morgan fingerprint density at radius 3 is 2.74 bits per heavy atom. The molecule has 1 aliphatic heterocycles. The number of hydrogen-bond donors (Lipinski definition) is 2. The number of phenolic OH excluding ortho intramolecular Hbond substituents is 1. The molecule has 1 aromatic rings. The molecule has 0 aromatic heterocycles. The van der Waals surface area contributed by atoms with Gasteiger partial charge in [0, 0.05) is 18.2 Å². The van der Waals surface area contributed by atoms with E-state index in [9.17, 15) is 5.11 Å². The summed E-state index contributed by atoms with van der Waals surface area (Å²) in [5, 5.41) is 13.3. The molecule has 106 valence electrons. The van der Waals surface area contributed by atoms with E-state index >= 15 is 0 Å². The molecule has 1 heterocycles. The van der Waals surface area contributed by atoms with Gasteiger partial charge >= 0.3 is 0 Å². The molecule has 0 aliphatic carbocycles. The summed E-state index contributed by atoms with van der Waals surface area (Å²) in [4.78, 5) is 0. The Morgan fingerprint density at radius 1 is 1.42 bits per heavy atom. The number of hydrogen-bond acceptors (Lipinski definition) is 4. The number of phenols is 1. The first-order valence-corrected chi connectivity index (χ1v) is 6.85. The summed E-state index contributed by atoms with van der Waals surface area (Å²) < 4.78 is 11.3. The zero-order chi connectivity index (χ0) is 13.9. The van der Waals surface area contributed by atoms with Gasteiger partial charge in [0.1, 0.15) is 5.75 Å². The predicted molar refractivity (Wildman–Crippen MR) is 74.0 cm³/mol. The molecular formula is C15H23NO3. The third kappa shape index (κ3) is 3.69. The lowest BCUT2D eigenvalue weighted by atomic mass is 10.0. The van der Waals surface area contributed by atoms with Crippen LogP contribution in [0.3, 0.4) is 0 Å². The summed E-state index contributed by atoms with van der Waals surface area (Å²) in [5.41, 5.74) is 0.933. The third-order valence-corrected chi connectivity index (χ3v) is 3.38. The minimum absolute atomic E-state index is 0.0647. The molecule has 2 atom stereocenters. The molecule has 0 amide bonds. The molecular weight excluding hydrogens is 242 g/mol. The number of benzene rings is 1. The van der Waals surface area contributed by atoms with Crippen LogP contribution >= 0.6 is 0 Å². The molecule has 1 fully saturated rings. The van der Waals surface area contributed by atoms with Crippen molar-refractivity contribution in [3.05, 3.63) is 29.8 Å². The summed E-state index contributed by atoms with van der Waals surface area (Å²) in [5.74, 6) is -0.145. The van der Waals surface area contributed by atoms with E-state index in [4.69, 9.17) is 9.47 Å². The van der Waals surface area contributed by atoms with Crippen LogP contribution < -0.4 is 5.32 Å². The van der Waals surface area contributed by atoms with Crippen LogP contribution in [-0.2, 0) is 9.47 Å². The van der Waals surface area contributed by atoms with Crippen molar-refractivity contribution >= 4 is 0 Å². The van der Waals surface area contributed by atoms with Crippen LogP contribution in [0.2, 0.25) is 0 Å². The predicted octanol–water partition coefficient (Wildman–Crippen LogP) is 2.58. The summed E-state index contributed by atoms with van der Waals surface area (Å²) in [7, 11) is 0. The largest absolute Gasteiger partial charge is 0.508 e. The van der Waals surface area contributed by atoms with Crippen molar-refractivity contribution < 1.29 is 14.6 Å². The minimum Gasteiger partial charge on any atom is -0.508 e. The molecule has 0 saturated carbocycles. The normalized spacial score (nSPS) is 23.4. The van der Waals surface area contributed by atoms with Gasteiger partial charge in [-0.15, -0.1) is 0 Å². The van der Waals surface area contributed by atoms with E-state index in [0.29, 0.717) is 12.4 Å². The van der Waals surface area contributed by atoms with Crippen LogP contribution in [0, 0.1) is 0 Å². The highest BCUT2D eigenvalue weighted by Gasteiger charge is 2.32. The fourth-order valence-corrected chi connectivity index (χ4v) is 2.39. The number of nitrogens with one attached hydrogen (secondary N) is 1. The number of ether oxygens (including phenoxy) is 2. The van der Waals surface area contributed by atoms with E-state index in [1.54, 1.807) is 6.07 Å². The lowest BCUT2D eigenvalue weighted by Gasteiger charge is -2.21. The van der Waals surface area contributed by atoms with E-state index < -0.39 is 5.79 Å². The van der Waals surface area contributed by atoms with Crippen molar-refractivity contribution in [2.24, 2.45) is 0 Å². The number of aromatic hydroxyl groups is 1. The molecule has 2 rings (SSSR count). The van der Waals surface area contributed by atoms with Gasteiger partial charge in [0.25, 0.3) is 0 Å². The van der Waals surface area contributed by atoms with Crippen molar-refractivity contribution in [1.29, 1.82) is 0 Å². The minimum atomic E-state index is -0.483. The highest BCUT2D eigenvalue weighted by Crippen LogP contribution is 2.27. The fraction of sp³-hybridized carbons (Fsp3) is 0.600. The van der Waals surface area contributed by atoms with Crippen molar-refractivity contribution in [3.8, 4) is 5.75 Å². The smallest absolute Gasteiger partial charge is 0.163 e. The molecule has 1 saturated heterocycles. The second-order valence-electron chi connectivity index (χ2n) is 5.38. The topological polar surface area (TPSA) is 50.7 Å². The van der Waals surface area contributed by atoms with Gasteiger partial charge in [0.05, 0.1) is 12.7 Å². The second-order valence-corrected chi connectivity index (χ2v) is 5.38. The Hall–Kier alpha value is -1.10. The molecule has 0 radical (unpaired) electrons. The molecule has 4 nitrogen and oxygen atoms in total. The monoisotopic (exact) mass is 265 g/mol. The van der Waals surface area contributed by atoms with E-state index in [1.807, 2.05) is 32.0 Å². The molecule has 4 heteroatoms. The number of para-hydroxylation sites is 1. The van der Waals surface area contributed by atoms with Crippen molar-refractivity contribution in [2.45, 2.75) is 45.1 Å². The van der Waals surface area contributed by atoms with E-state index in [1.165, 1.54) is 0 Å². The van der Waals surface area contributed by atoms with Gasteiger partial charge in [-0.3, -0.25) is 0 Å². The Morgan fingerprint density at radius 2 is 2.16 bits per heavy atom. The van der Waals surface area contributed by atoms with Crippen molar-refractivity contribution in [2.75, 3.05) is 13.2 Å². The van der Waals surface area contributed by atoms with Crippen LogP contribution in [0.1, 0.15) is 38.8 Å². The summed E-state index contributed by atoms with van der Waals surface area (Å²) >= 11 is 0. The van der Waals surface area contributed by atoms with Crippen molar-refractivity contribution in [1.82, 2.24) is 5.32 Å². The first-order chi connectivity index (χ1) is 9.02. The Kier molecular flexibility index (Phi) is 4.45. The SMILES string of the molecule is CCC(NCC1COC(C)(C)O1)c1ccccc1O. The second kappa shape index (κ2) is 5.90. The lowest BCUT2D eigenvalue weighted by molar-refractivity contribution is -0.137. The Labute approximate surface area is 114 Å². The quantitative estimate of drug-likeness (QED) is 0.859. The van der Waals surface area contributed by atoms with Gasteiger partial charge in [-0.05, 0) is 26.3 Å². The van der Waals surface area contributed by atoms with Gasteiger partial charge < -0.3 is 19.9 Å². The molecule has 2 N–H and O–H groups in total. The van der Waals surface area contributed by atoms with E-state index in [0.717, 1.165) is 18.5 Å². The first-order valence-electron chi connectivity index (χ1n) is 6.85. The lowest BCUT2D eigenvalue weighted by Crippen LogP contribution is -2.32. The van der Waals surface area contributed by atoms with Crippen LogP contribution in [0.4, 0.5) is 0 Å². The summed E-state index contributed by atoms with van der Waals surface area (Å²) in [6.45, 7) is 7.27. The Balaban J connectivity index is 1.92. The standard InChI is InChI=1S/C15H23NO3/c1-4-13(12-7-5-6-8-14(12)17)16-9-11-10-18-15(2,3)19-11/h5-8,11,13,16-17H,4,9-10H2,1-3H3. The average molecular weight is 265 g/mol. The molecule has 0 bridgehead atoms. The van der Waals surface area contributed by atoms with E-state index in [-0.39, 0.29) is 12.1 Å². The molecule has 1 aromatic carbocycles. The third-order valence-electron chi connectivity index (χ3n) is 3.38. The maximum Gasteiger partial charge on any atom is 0.163 e. The van der Waals surface area contributed by atoms with Gasteiger partial charge in [-0.25, -0.2) is 0 Å². The zero-order valence-corrected chi connectivity index (χ0v) is 11.8. The zero-order valence-electron chi connectivity index (χ0n) is 11.8. The van der Waals surface area contributed by atoms with Gasteiger partial charge in [0.15, 0.2) is 5.79 Å². The average Bonchev–Trinajstić information content (AvgIpc) is 2.72. The summed E-state index contributed by atoms with van der Waals surface area (Å²) in [6, 6.07) is 7.58. The van der Waals surface area contributed by atoms with Gasteiger partial charge in [-0.1, -0.05) is 25.1 Å². The summed E-state index contributed by atoms with van der Waals surface area (Å²) in [6.07, 6.45) is 0.976. The van der Waals surface area contributed by atoms with Gasteiger partial charge in [0.2, 0.25) is 0 Å². The molecule has 0 spiro atoms. The van der Waals surface area contributed by atoms with E-state index in [2.05, 4.69) is 12.2 Å². The fourth-order valence-electron chi connectivity index (χ4n) is 2.39. The van der Waals surface area contributed by atoms with Crippen LogP contribution in [0.15, 0.2) is 24.3 Å². The highest BCUT2D eigenvalue weighted by molar-refractivity contribution is 5.34. The molecule has 19 heavy (non-hydrogen) atoms. The highest BCUT2D eigenvalue weighted by atomic mass is 16.7. The van der Waals surface area contributed by atoms with Crippen LogP contribution in [0.25, 0.3) is 0 Å². The van der Waals surface area contributed by atoms with Crippen LogP contribution in [0.5, 0.6) is 5.75 Å². The van der Waals surface area contributed by atoms with Gasteiger partial charge in [-0.2, -0.15) is 0 Å².